The standard InChI is InChI=1S/C20H24N10O8/c21-19-25-13-7(15(35)27-19)23-3-29(13)17-11(33)9(31)5(37-17)1-2-6-10(32)12(34)18(38-6)30-4-24-8-14(30)26-20(22)28-16(8)36/h3-6,9-12,17-18,31-34H,1-2H2,(H3,21,25,27,35)(H3,22,26,28,36)/t5-,6-,9-,10-,11-,12-,17-,18-/m1/s1. The number of aromatic amines is 2. The lowest BCUT2D eigenvalue weighted by molar-refractivity contribution is -0.0568. The van der Waals surface area contributed by atoms with Crippen molar-refractivity contribution >= 4 is 34.2 Å². The van der Waals surface area contributed by atoms with E-state index in [1.165, 1.54) is 21.8 Å². The van der Waals surface area contributed by atoms with Gasteiger partial charge in [0.1, 0.15) is 24.4 Å². The van der Waals surface area contributed by atoms with Crippen LogP contribution in [0.15, 0.2) is 22.2 Å². The van der Waals surface area contributed by atoms with E-state index in [2.05, 4.69) is 29.9 Å². The number of nitrogens with one attached hydrogen (secondary N) is 2. The topological polar surface area (TPSA) is 279 Å². The normalized spacial score (nSPS) is 31.6. The number of imidazole rings is 2. The molecule has 0 unspecified atom stereocenters. The summed E-state index contributed by atoms with van der Waals surface area (Å²) < 4.78 is 14.4. The van der Waals surface area contributed by atoms with Crippen molar-refractivity contribution in [3.8, 4) is 0 Å². The molecule has 2 saturated heterocycles. The zero-order valence-electron chi connectivity index (χ0n) is 19.4. The van der Waals surface area contributed by atoms with Crippen molar-refractivity contribution in [2.45, 2.75) is 61.9 Å². The first-order chi connectivity index (χ1) is 18.1. The maximum atomic E-state index is 12.1. The molecule has 0 bridgehead atoms. The zero-order valence-corrected chi connectivity index (χ0v) is 19.4. The van der Waals surface area contributed by atoms with Crippen molar-refractivity contribution in [3.05, 3.63) is 33.4 Å². The SMILES string of the molecule is Nc1nc2c(ncn2[C@@H]2O[C@H](CC[C@H]3O[C@@H](n4cnc5c(=O)[nH]c(N)nc54)[C@H](O)[C@@H]3O)[C@@H](O)[C@H]2O)c(=O)[nH]1. The number of fused-ring (bicyclic) bond motifs is 2. The minimum atomic E-state index is -1.39. The highest BCUT2D eigenvalue weighted by atomic mass is 16.6. The second-order valence-corrected chi connectivity index (χ2v) is 9.22. The molecule has 18 nitrogen and oxygen atoms in total. The Morgan fingerprint density at radius 1 is 0.737 bits per heavy atom. The number of anilines is 2. The van der Waals surface area contributed by atoms with Gasteiger partial charge >= 0.3 is 0 Å². The minimum absolute atomic E-state index is 0.0132. The van der Waals surface area contributed by atoms with E-state index >= 15 is 0 Å². The Hall–Kier alpha value is -3.94. The summed E-state index contributed by atoms with van der Waals surface area (Å²) in [7, 11) is 0. The van der Waals surface area contributed by atoms with Gasteiger partial charge in [0.15, 0.2) is 34.8 Å². The van der Waals surface area contributed by atoms with Crippen LogP contribution in [0.3, 0.4) is 0 Å². The summed E-state index contributed by atoms with van der Waals surface area (Å²) in [4.78, 5) is 44.8. The third-order valence-corrected chi connectivity index (χ3v) is 6.86. The van der Waals surface area contributed by atoms with Gasteiger partial charge in [-0.15, -0.1) is 0 Å². The fourth-order valence-corrected chi connectivity index (χ4v) is 4.98. The van der Waals surface area contributed by atoms with Crippen LogP contribution in [-0.2, 0) is 9.47 Å². The molecule has 10 N–H and O–H groups in total. The van der Waals surface area contributed by atoms with Crippen molar-refractivity contribution in [2.24, 2.45) is 0 Å². The summed E-state index contributed by atoms with van der Waals surface area (Å²) in [5.74, 6) is -0.301. The monoisotopic (exact) mass is 532 g/mol. The van der Waals surface area contributed by atoms with Gasteiger partial charge in [-0.05, 0) is 12.8 Å². The first kappa shape index (κ1) is 24.4. The third kappa shape index (κ3) is 3.73. The van der Waals surface area contributed by atoms with Crippen LogP contribution in [0.5, 0.6) is 0 Å². The fraction of sp³-hybridized carbons (Fsp3) is 0.500. The number of ether oxygens (including phenoxy) is 2. The van der Waals surface area contributed by atoms with Crippen LogP contribution in [0.1, 0.15) is 25.3 Å². The lowest BCUT2D eigenvalue weighted by Gasteiger charge is -2.19. The second-order valence-electron chi connectivity index (χ2n) is 9.22. The number of hydrogen-bond acceptors (Lipinski definition) is 14. The molecule has 38 heavy (non-hydrogen) atoms. The molecule has 8 atom stereocenters. The summed E-state index contributed by atoms with van der Waals surface area (Å²) in [6.07, 6.45) is -6.72. The summed E-state index contributed by atoms with van der Waals surface area (Å²) >= 11 is 0. The predicted molar refractivity (Wildman–Crippen MR) is 126 cm³/mol. The summed E-state index contributed by atoms with van der Waals surface area (Å²) in [5, 5.41) is 42.6. The number of H-pyrrole nitrogens is 2. The molecule has 18 heteroatoms. The van der Waals surface area contributed by atoms with Crippen molar-refractivity contribution in [1.82, 2.24) is 39.0 Å². The largest absolute Gasteiger partial charge is 0.388 e. The van der Waals surface area contributed by atoms with Crippen LogP contribution in [0.4, 0.5) is 11.9 Å². The lowest BCUT2D eigenvalue weighted by atomic mass is 10.0. The van der Waals surface area contributed by atoms with E-state index in [1.54, 1.807) is 0 Å². The number of hydrogen-bond donors (Lipinski definition) is 8. The van der Waals surface area contributed by atoms with Crippen molar-refractivity contribution in [3.63, 3.8) is 0 Å². The zero-order chi connectivity index (χ0) is 26.9. The van der Waals surface area contributed by atoms with Crippen molar-refractivity contribution in [1.29, 1.82) is 0 Å². The molecular weight excluding hydrogens is 508 g/mol. The first-order valence-corrected chi connectivity index (χ1v) is 11.6. The Kier molecular flexibility index (Phi) is 5.67. The van der Waals surface area contributed by atoms with Crippen LogP contribution >= 0.6 is 0 Å². The van der Waals surface area contributed by atoms with Crippen molar-refractivity contribution < 1.29 is 29.9 Å². The third-order valence-electron chi connectivity index (χ3n) is 6.86. The molecule has 0 aliphatic carbocycles. The molecule has 0 radical (unpaired) electrons. The smallest absolute Gasteiger partial charge is 0.280 e. The predicted octanol–water partition coefficient (Wildman–Crippen LogP) is -3.56. The Bertz CT molecular complexity index is 1510. The molecule has 6 heterocycles. The van der Waals surface area contributed by atoms with E-state index in [0.29, 0.717) is 0 Å². The average Bonchev–Trinajstić information content (AvgIpc) is 3.60. The number of nitrogens with two attached hydrogens (primary N) is 2. The molecule has 202 valence electrons. The van der Waals surface area contributed by atoms with Crippen molar-refractivity contribution in [2.75, 3.05) is 11.5 Å². The van der Waals surface area contributed by atoms with E-state index in [-0.39, 0.29) is 47.1 Å². The number of nitrogen functional groups attached to an aromatic ring is 2. The van der Waals surface area contributed by atoms with E-state index in [0.717, 1.165) is 0 Å². The highest BCUT2D eigenvalue weighted by molar-refractivity contribution is 5.71. The molecule has 2 aliphatic rings. The maximum absolute atomic E-state index is 12.1. The van der Waals surface area contributed by atoms with Gasteiger partial charge in [-0.25, -0.2) is 9.97 Å². The molecular formula is C20H24N10O8. The molecule has 2 aliphatic heterocycles. The van der Waals surface area contributed by atoms with Gasteiger partial charge in [0, 0.05) is 0 Å². The Morgan fingerprint density at radius 3 is 1.53 bits per heavy atom. The van der Waals surface area contributed by atoms with Crippen LogP contribution in [-0.4, -0.2) is 96.1 Å². The summed E-state index contributed by atoms with van der Waals surface area (Å²) in [5.41, 5.74) is 10.2. The van der Waals surface area contributed by atoms with Gasteiger partial charge in [0.2, 0.25) is 11.9 Å². The lowest BCUT2D eigenvalue weighted by Crippen LogP contribution is -2.34. The van der Waals surface area contributed by atoms with Gasteiger partial charge in [-0.2, -0.15) is 9.97 Å². The summed E-state index contributed by atoms with van der Waals surface area (Å²) in [6.45, 7) is 0. The Labute approximate surface area is 210 Å². The van der Waals surface area contributed by atoms with E-state index in [9.17, 15) is 30.0 Å². The molecule has 4 aromatic rings. The summed E-state index contributed by atoms with van der Waals surface area (Å²) in [6, 6.07) is 0. The van der Waals surface area contributed by atoms with Crippen LogP contribution in [0.2, 0.25) is 0 Å². The van der Waals surface area contributed by atoms with Gasteiger partial charge < -0.3 is 41.4 Å². The van der Waals surface area contributed by atoms with Gasteiger partial charge in [0.25, 0.3) is 11.1 Å². The van der Waals surface area contributed by atoms with Crippen LogP contribution in [0, 0.1) is 0 Å². The number of nitrogens with zero attached hydrogens (tertiary/aromatic N) is 6. The number of aliphatic hydroxyl groups is 4. The highest BCUT2D eigenvalue weighted by Gasteiger charge is 2.47. The number of rotatable bonds is 5. The molecule has 0 spiro atoms. The molecule has 0 saturated carbocycles. The fourth-order valence-electron chi connectivity index (χ4n) is 4.98. The van der Waals surface area contributed by atoms with E-state index in [4.69, 9.17) is 20.9 Å². The van der Waals surface area contributed by atoms with Gasteiger partial charge in [-0.3, -0.25) is 28.7 Å². The minimum Gasteiger partial charge on any atom is -0.388 e. The Morgan fingerprint density at radius 2 is 1.13 bits per heavy atom. The van der Waals surface area contributed by atoms with Crippen LogP contribution < -0.4 is 22.6 Å². The first-order valence-electron chi connectivity index (χ1n) is 11.6. The van der Waals surface area contributed by atoms with Crippen LogP contribution in [0.25, 0.3) is 22.3 Å². The molecule has 6 rings (SSSR count). The molecule has 4 aromatic heterocycles. The molecule has 0 amide bonds. The molecule has 0 aromatic carbocycles. The quantitative estimate of drug-likeness (QED) is 0.123. The van der Waals surface area contributed by atoms with Gasteiger partial charge in [-0.1, -0.05) is 0 Å². The second kappa shape index (κ2) is 8.82. The number of aliphatic hydroxyl groups excluding tert-OH is 4. The maximum Gasteiger partial charge on any atom is 0.280 e. The Balaban J connectivity index is 1.18. The number of aromatic nitrogens is 8. The van der Waals surface area contributed by atoms with E-state index in [1.807, 2.05) is 0 Å². The molecule has 2 fully saturated rings. The van der Waals surface area contributed by atoms with E-state index < -0.39 is 60.2 Å². The average molecular weight is 532 g/mol. The highest BCUT2D eigenvalue weighted by Crippen LogP contribution is 2.37. The van der Waals surface area contributed by atoms with Gasteiger partial charge in [0.05, 0.1) is 24.9 Å².